The van der Waals surface area contributed by atoms with Gasteiger partial charge in [0.1, 0.15) is 5.92 Å². The van der Waals surface area contributed by atoms with Crippen LogP contribution in [0, 0.1) is 12.8 Å². The molecule has 0 aliphatic carbocycles. The lowest BCUT2D eigenvalue weighted by atomic mass is 9.97. The fourth-order valence-corrected chi connectivity index (χ4v) is 3.79. The molecular weight excluding hydrogens is 454 g/mol. The minimum Gasteiger partial charge on any atom is -0.464 e. The molecule has 0 unspecified atom stereocenters. The minimum absolute atomic E-state index is 0.263. The van der Waals surface area contributed by atoms with E-state index in [2.05, 4.69) is 21.0 Å². The number of halogens is 1. The molecule has 3 amide bonds. The van der Waals surface area contributed by atoms with E-state index in [9.17, 15) is 19.2 Å². The summed E-state index contributed by atoms with van der Waals surface area (Å²) in [5.41, 5.74) is 1.33. The summed E-state index contributed by atoms with van der Waals surface area (Å²) in [5.74, 6) is -3.91. The normalized spacial score (nSPS) is 20.3. The molecule has 8 nitrogen and oxygen atoms in total. The van der Waals surface area contributed by atoms with Crippen molar-refractivity contribution in [2.45, 2.75) is 13.0 Å². The first kappa shape index (κ1) is 20.0. The molecule has 2 aromatic rings. The molecule has 2 heterocycles. The third kappa shape index (κ3) is 3.11. The van der Waals surface area contributed by atoms with Crippen molar-refractivity contribution < 1.29 is 23.9 Å². The highest BCUT2D eigenvalue weighted by Gasteiger charge is 2.60. The molecule has 2 aliphatic heterocycles. The lowest BCUT2D eigenvalue weighted by molar-refractivity contribution is -0.133. The van der Waals surface area contributed by atoms with Crippen molar-refractivity contribution in [3.63, 3.8) is 0 Å². The van der Waals surface area contributed by atoms with E-state index in [0.717, 1.165) is 27.1 Å². The number of anilines is 1. The molecule has 1 fully saturated rings. The summed E-state index contributed by atoms with van der Waals surface area (Å²) >= 11 is 3.30. The van der Waals surface area contributed by atoms with Crippen LogP contribution in [0.15, 0.2) is 58.1 Å². The second kappa shape index (κ2) is 7.49. The van der Waals surface area contributed by atoms with Gasteiger partial charge in [-0.3, -0.25) is 14.4 Å². The molecule has 0 aromatic heterocycles. The van der Waals surface area contributed by atoms with Crippen LogP contribution in [0.4, 0.5) is 5.69 Å². The molecule has 0 radical (unpaired) electrons. The van der Waals surface area contributed by atoms with E-state index in [0.29, 0.717) is 5.69 Å². The minimum atomic E-state index is -1.25. The Labute approximate surface area is 180 Å². The van der Waals surface area contributed by atoms with Crippen LogP contribution < -0.4 is 4.90 Å². The summed E-state index contributed by atoms with van der Waals surface area (Å²) in [4.78, 5) is 52.7. The SMILES string of the molecule is COC(=O)C1=NN(C(=O)c2ccc(Br)cc2)[C@@H]2C(=O)N(c3ccc(C)cc3)C(=O)[C@H]12. The Kier molecular flexibility index (Phi) is 4.98. The largest absolute Gasteiger partial charge is 0.464 e. The van der Waals surface area contributed by atoms with Gasteiger partial charge in [0.15, 0.2) is 11.8 Å². The van der Waals surface area contributed by atoms with Gasteiger partial charge in [-0.1, -0.05) is 33.6 Å². The Morgan fingerprint density at radius 1 is 1.00 bits per heavy atom. The average Bonchev–Trinajstić information content (AvgIpc) is 3.25. The number of benzene rings is 2. The van der Waals surface area contributed by atoms with Gasteiger partial charge in [-0.2, -0.15) is 5.10 Å². The quantitative estimate of drug-likeness (QED) is 0.507. The van der Waals surface area contributed by atoms with Crippen molar-refractivity contribution in [2.24, 2.45) is 11.0 Å². The van der Waals surface area contributed by atoms with Crippen molar-refractivity contribution >= 4 is 51.0 Å². The van der Waals surface area contributed by atoms with Crippen LogP contribution in [-0.2, 0) is 19.1 Å². The topological polar surface area (TPSA) is 96.3 Å². The number of hydrogen-bond acceptors (Lipinski definition) is 6. The van der Waals surface area contributed by atoms with Crippen molar-refractivity contribution in [3.8, 4) is 0 Å². The zero-order chi connectivity index (χ0) is 21.6. The molecule has 30 heavy (non-hydrogen) atoms. The second-order valence-electron chi connectivity index (χ2n) is 6.90. The molecule has 0 saturated carbocycles. The maximum absolute atomic E-state index is 13.2. The van der Waals surface area contributed by atoms with E-state index in [1.807, 2.05) is 6.92 Å². The molecule has 152 valence electrons. The number of amides is 3. The van der Waals surface area contributed by atoms with Crippen molar-refractivity contribution in [1.29, 1.82) is 0 Å². The molecular formula is C21H16BrN3O5. The number of esters is 1. The molecule has 1 saturated heterocycles. The lowest BCUT2D eigenvalue weighted by Crippen LogP contribution is -2.42. The van der Waals surface area contributed by atoms with Gasteiger partial charge in [-0.15, -0.1) is 0 Å². The first-order valence-corrected chi connectivity index (χ1v) is 9.83. The molecule has 0 bridgehead atoms. The number of rotatable bonds is 3. The molecule has 9 heteroatoms. The number of imide groups is 1. The van der Waals surface area contributed by atoms with Crippen molar-refractivity contribution in [3.05, 3.63) is 64.1 Å². The highest BCUT2D eigenvalue weighted by atomic mass is 79.9. The maximum Gasteiger partial charge on any atom is 0.355 e. The Bertz CT molecular complexity index is 1090. The van der Waals surface area contributed by atoms with Crippen molar-refractivity contribution in [2.75, 3.05) is 12.0 Å². The van der Waals surface area contributed by atoms with E-state index < -0.39 is 35.7 Å². The van der Waals surface area contributed by atoms with Crippen LogP contribution in [-0.4, -0.2) is 47.6 Å². The summed E-state index contributed by atoms with van der Waals surface area (Å²) in [6, 6.07) is 12.0. The standard InChI is InChI=1S/C21H16BrN3O5/c1-11-3-9-14(10-4-11)24-19(27)15-16(21(29)30-2)23-25(17(15)20(24)28)18(26)12-5-7-13(22)8-6-12/h3-10,15,17H,1-2H3/t15-,17+/m1/s1. The zero-order valence-corrected chi connectivity index (χ0v) is 17.6. The molecule has 2 aromatic carbocycles. The number of aryl methyl sites for hydroxylation is 1. The van der Waals surface area contributed by atoms with Gasteiger partial charge in [0.05, 0.1) is 12.8 Å². The van der Waals surface area contributed by atoms with Crippen LogP contribution in [0.5, 0.6) is 0 Å². The van der Waals surface area contributed by atoms with E-state index in [1.54, 1.807) is 48.5 Å². The number of carbonyl (C=O) groups is 4. The average molecular weight is 470 g/mol. The molecule has 0 spiro atoms. The van der Waals surface area contributed by atoms with Gasteiger partial charge in [0.2, 0.25) is 5.91 Å². The van der Waals surface area contributed by atoms with Gasteiger partial charge >= 0.3 is 5.97 Å². The van der Waals surface area contributed by atoms with E-state index in [4.69, 9.17) is 4.74 Å². The summed E-state index contributed by atoms with van der Waals surface area (Å²) < 4.78 is 5.51. The van der Waals surface area contributed by atoms with Crippen LogP contribution >= 0.6 is 15.9 Å². The third-order valence-corrected chi connectivity index (χ3v) is 5.56. The van der Waals surface area contributed by atoms with E-state index in [1.165, 1.54) is 0 Å². The monoisotopic (exact) mass is 469 g/mol. The van der Waals surface area contributed by atoms with Gasteiger partial charge in [0.25, 0.3) is 11.8 Å². The van der Waals surface area contributed by atoms with Crippen LogP contribution in [0.3, 0.4) is 0 Å². The number of methoxy groups -OCH3 is 1. The van der Waals surface area contributed by atoms with Crippen LogP contribution in [0.1, 0.15) is 15.9 Å². The number of ether oxygens (including phenoxy) is 1. The summed E-state index contributed by atoms with van der Waals surface area (Å²) in [6.45, 7) is 1.88. The number of nitrogens with zero attached hydrogens (tertiary/aromatic N) is 3. The summed E-state index contributed by atoms with van der Waals surface area (Å²) in [5, 5.41) is 4.94. The van der Waals surface area contributed by atoms with Gasteiger partial charge in [-0.25, -0.2) is 14.7 Å². The molecule has 4 rings (SSSR count). The van der Waals surface area contributed by atoms with Gasteiger partial charge in [-0.05, 0) is 43.3 Å². The summed E-state index contributed by atoms with van der Waals surface area (Å²) in [6.07, 6.45) is 0. The van der Waals surface area contributed by atoms with Gasteiger partial charge in [0, 0.05) is 10.0 Å². The van der Waals surface area contributed by atoms with E-state index >= 15 is 0 Å². The Morgan fingerprint density at radius 2 is 1.63 bits per heavy atom. The third-order valence-electron chi connectivity index (χ3n) is 5.04. The number of hydrazone groups is 1. The molecule has 2 aliphatic rings. The smallest absolute Gasteiger partial charge is 0.355 e. The summed E-state index contributed by atoms with van der Waals surface area (Å²) in [7, 11) is 1.15. The second-order valence-corrected chi connectivity index (χ2v) is 7.82. The predicted octanol–water partition coefficient (Wildman–Crippen LogP) is 2.30. The Balaban J connectivity index is 1.76. The van der Waals surface area contributed by atoms with Crippen molar-refractivity contribution in [1.82, 2.24) is 5.01 Å². The fourth-order valence-electron chi connectivity index (χ4n) is 3.53. The fraction of sp³-hybridized carbons (Fsp3) is 0.190. The predicted molar refractivity (Wildman–Crippen MR) is 111 cm³/mol. The van der Waals surface area contributed by atoms with Crippen LogP contribution in [0.2, 0.25) is 0 Å². The molecule has 2 atom stereocenters. The first-order valence-electron chi connectivity index (χ1n) is 9.04. The lowest BCUT2D eigenvalue weighted by Gasteiger charge is -2.20. The molecule has 0 N–H and O–H groups in total. The highest BCUT2D eigenvalue weighted by molar-refractivity contribution is 9.10. The van der Waals surface area contributed by atoms with Crippen LogP contribution in [0.25, 0.3) is 0 Å². The number of hydrogen-bond donors (Lipinski definition) is 0. The van der Waals surface area contributed by atoms with Gasteiger partial charge < -0.3 is 4.74 Å². The highest BCUT2D eigenvalue weighted by Crippen LogP contribution is 2.36. The Morgan fingerprint density at radius 3 is 2.23 bits per heavy atom. The van der Waals surface area contributed by atoms with E-state index in [-0.39, 0.29) is 11.3 Å². The Hall–Kier alpha value is -3.33. The maximum atomic E-state index is 13.2. The number of fused-ring (bicyclic) bond motifs is 1. The zero-order valence-electron chi connectivity index (χ0n) is 16.0. The number of carbonyl (C=O) groups excluding carboxylic acids is 4. The first-order chi connectivity index (χ1) is 14.3.